The maximum absolute atomic E-state index is 12.4. The first-order valence-corrected chi connectivity index (χ1v) is 8.27. The first-order valence-electron chi connectivity index (χ1n) is 7.89. The topological polar surface area (TPSA) is 46.6 Å². The number of ether oxygens (including phenoxy) is 1. The number of ketones is 1. The molecule has 0 spiro atoms. The fourth-order valence-corrected chi connectivity index (χ4v) is 3.78. The summed E-state index contributed by atoms with van der Waals surface area (Å²) in [7, 11) is 1.39. The summed E-state index contributed by atoms with van der Waals surface area (Å²) < 4.78 is 5.01. The van der Waals surface area contributed by atoms with Gasteiger partial charge in [-0.15, -0.1) is 0 Å². The number of likely N-dealkylation sites (tertiary alicyclic amines) is 1. The number of halogens is 1. The zero-order valence-electron chi connectivity index (χ0n) is 13.1. The van der Waals surface area contributed by atoms with Crippen molar-refractivity contribution in [2.75, 3.05) is 20.2 Å². The molecule has 0 saturated carbocycles. The number of piperidine rings is 1. The zero-order valence-corrected chi connectivity index (χ0v) is 13.9. The van der Waals surface area contributed by atoms with Crippen LogP contribution in [0.15, 0.2) is 35.9 Å². The van der Waals surface area contributed by atoms with Crippen molar-refractivity contribution >= 4 is 23.4 Å². The van der Waals surface area contributed by atoms with Crippen molar-refractivity contribution in [2.45, 2.75) is 25.3 Å². The van der Waals surface area contributed by atoms with E-state index in [-0.39, 0.29) is 11.8 Å². The molecule has 1 saturated heterocycles. The third kappa shape index (κ3) is 3.33. The third-order valence-corrected chi connectivity index (χ3v) is 5.09. The molecule has 1 fully saturated rings. The molecule has 2 aliphatic rings. The van der Waals surface area contributed by atoms with Crippen LogP contribution < -0.4 is 0 Å². The average Bonchev–Trinajstić information content (AvgIpc) is 2.56. The van der Waals surface area contributed by atoms with Crippen molar-refractivity contribution < 1.29 is 14.3 Å². The zero-order chi connectivity index (χ0) is 16.4. The summed E-state index contributed by atoms with van der Waals surface area (Å²) >= 11 is 6.30. The Morgan fingerprint density at radius 2 is 2.13 bits per heavy atom. The Hall–Kier alpha value is -1.65. The van der Waals surface area contributed by atoms with Crippen LogP contribution in [-0.4, -0.2) is 36.9 Å². The minimum Gasteiger partial charge on any atom is -0.468 e. The number of hydrogen-bond acceptors (Lipinski definition) is 4. The van der Waals surface area contributed by atoms with Crippen molar-refractivity contribution in [1.29, 1.82) is 0 Å². The molecule has 0 radical (unpaired) electrons. The number of fused-ring (bicyclic) bond motifs is 1. The Bertz CT molecular complexity index is 655. The summed E-state index contributed by atoms with van der Waals surface area (Å²) in [6.45, 7) is 1.41. The van der Waals surface area contributed by atoms with Gasteiger partial charge in [-0.05, 0) is 42.0 Å². The minimum atomic E-state index is -0.535. The van der Waals surface area contributed by atoms with Crippen molar-refractivity contribution in [3.8, 4) is 0 Å². The number of nitrogens with zero attached hydrogens (tertiary/aromatic N) is 1. The van der Waals surface area contributed by atoms with E-state index >= 15 is 0 Å². The van der Waals surface area contributed by atoms with Gasteiger partial charge in [-0.2, -0.15) is 0 Å². The molecule has 1 aliphatic carbocycles. The summed E-state index contributed by atoms with van der Waals surface area (Å²) in [6, 6.07) is 6.81. The number of rotatable bonds is 3. The Morgan fingerprint density at radius 3 is 2.87 bits per heavy atom. The normalized spacial score (nSPS) is 23.0. The number of benzene rings is 1. The lowest BCUT2D eigenvalue weighted by Gasteiger charge is -2.39. The van der Waals surface area contributed by atoms with E-state index in [0.717, 1.165) is 30.5 Å². The number of carbonyl (C=O) groups is 2. The van der Waals surface area contributed by atoms with Crippen LogP contribution >= 0.6 is 11.6 Å². The number of methoxy groups -OCH3 is 1. The number of esters is 1. The molecule has 1 aliphatic heterocycles. The van der Waals surface area contributed by atoms with Gasteiger partial charge in [0, 0.05) is 24.5 Å². The molecular formula is C18H20ClNO3. The second-order valence-electron chi connectivity index (χ2n) is 6.13. The average molecular weight is 334 g/mol. The molecule has 122 valence electrons. The van der Waals surface area contributed by atoms with Gasteiger partial charge in [0.05, 0.1) is 7.11 Å². The highest BCUT2D eigenvalue weighted by Crippen LogP contribution is 2.36. The SMILES string of the molecule is COC(=O)[C@H](c1ccccc1Cl)N1CCC2CCC(=O)C=C2C1. The molecule has 0 amide bonds. The van der Waals surface area contributed by atoms with E-state index in [2.05, 4.69) is 4.90 Å². The van der Waals surface area contributed by atoms with Crippen molar-refractivity contribution in [3.63, 3.8) is 0 Å². The van der Waals surface area contributed by atoms with Crippen LogP contribution in [0.2, 0.25) is 5.02 Å². The summed E-state index contributed by atoms with van der Waals surface area (Å²) in [6.07, 6.45) is 4.28. The van der Waals surface area contributed by atoms with Gasteiger partial charge in [-0.25, -0.2) is 4.79 Å². The fraction of sp³-hybridized carbons (Fsp3) is 0.444. The Morgan fingerprint density at radius 1 is 1.35 bits per heavy atom. The summed E-state index contributed by atoms with van der Waals surface area (Å²) in [4.78, 5) is 26.1. The first kappa shape index (κ1) is 16.2. The Labute approximate surface area is 141 Å². The molecule has 3 rings (SSSR count). The van der Waals surface area contributed by atoms with Crippen LogP contribution in [-0.2, 0) is 14.3 Å². The van der Waals surface area contributed by atoms with Crippen molar-refractivity contribution in [3.05, 3.63) is 46.5 Å². The summed E-state index contributed by atoms with van der Waals surface area (Å²) in [5.74, 6) is 0.332. The molecule has 0 aromatic heterocycles. The number of carbonyl (C=O) groups excluding carboxylic acids is 2. The predicted octanol–water partition coefficient (Wildman–Crippen LogP) is 3.17. The van der Waals surface area contributed by atoms with E-state index in [1.54, 1.807) is 12.1 Å². The van der Waals surface area contributed by atoms with Gasteiger partial charge in [0.2, 0.25) is 0 Å². The second kappa shape index (κ2) is 6.85. The highest BCUT2D eigenvalue weighted by molar-refractivity contribution is 6.31. The third-order valence-electron chi connectivity index (χ3n) is 4.75. The number of allylic oxidation sites excluding steroid dienone is 1. The lowest BCUT2D eigenvalue weighted by molar-refractivity contribution is -0.147. The monoisotopic (exact) mass is 333 g/mol. The first-order chi connectivity index (χ1) is 11.1. The van der Waals surface area contributed by atoms with Gasteiger partial charge >= 0.3 is 5.97 Å². The molecular weight excluding hydrogens is 314 g/mol. The maximum atomic E-state index is 12.4. The molecule has 1 unspecified atom stereocenters. The predicted molar refractivity (Wildman–Crippen MR) is 88.2 cm³/mol. The van der Waals surface area contributed by atoms with Crippen LogP contribution in [0.25, 0.3) is 0 Å². The van der Waals surface area contributed by atoms with E-state index in [4.69, 9.17) is 16.3 Å². The van der Waals surface area contributed by atoms with Gasteiger partial charge in [-0.3, -0.25) is 9.69 Å². The fourth-order valence-electron chi connectivity index (χ4n) is 3.54. The minimum absolute atomic E-state index is 0.186. The summed E-state index contributed by atoms with van der Waals surface area (Å²) in [5.41, 5.74) is 1.88. The van der Waals surface area contributed by atoms with Gasteiger partial charge in [0.1, 0.15) is 6.04 Å². The quantitative estimate of drug-likeness (QED) is 0.797. The molecule has 4 nitrogen and oxygen atoms in total. The maximum Gasteiger partial charge on any atom is 0.327 e. The Kier molecular flexibility index (Phi) is 4.83. The van der Waals surface area contributed by atoms with Crippen molar-refractivity contribution in [2.24, 2.45) is 5.92 Å². The standard InChI is InChI=1S/C18H20ClNO3/c1-23-18(22)17(15-4-2-3-5-16(15)19)20-9-8-12-6-7-14(21)10-13(12)11-20/h2-5,10,12,17H,6-9,11H2,1H3/t12?,17-/m0/s1. The van der Waals surface area contributed by atoms with E-state index in [1.165, 1.54) is 7.11 Å². The van der Waals surface area contributed by atoms with Crippen LogP contribution in [0.4, 0.5) is 0 Å². The highest BCUT2D eigenvalue weighted by Gasteiger charge is 2.36. The van der Waals surface area contributed by atoms with E-state index < -0.39 is 6.04 Å². The summed E-state index contributed by atoms with van der Waals surface area (Å²) in [5, 5.41) is 0.554. The number of hydrogen-bond donors (Lipinski definition) is 0. The van der Waals surface area contributed by atoms with Gasteiger partial charge < -0.3 is 4.74 Å². The van der Waals surface area contributed by atoms with Gasteiger partial charge in [-0.1, -0.05) is 29.8 Å². The van der Waals surface area contributed by atoms with Crippen molar-refractivity contribution in [1.82, 2.24) is 4.90 Å². The molecule has 1 heterocycles. The molecule has 0 N–H and O–H groups in total. The van der Waals surface area contributed by atoms with Crippen LogP contribution in [0.3, 0.4) is 0 Å². The lowest BCUT2D eigenvalue weighted by atomic mass is 9.81. The molecule has 0 bridgehead atoms. The van der Waals surface area contributed by atoms with E-state index in [9.17, 15) is 9.59 Å². The molecule has 2 atom stereocenters. The highest BCUT2D eigenvalue weighted by atomic mass is 35.5. The largest absolute Gasteiger partial charge is 0.468 e. The van der Waals surface area contributed by atoms with Gasteiger partial charge in [0.25, 0.3) is 0 Å². The van der Waals surface area contributed by atoms with Crippen LogP contribution in [0.1, 0.15) is 30.9 Å². The van der Waals surface area contributed by atoms with Crippen LogP contribution in [0.5, 0.6) is 0 Å². The molecule has 1 aromatic rings. The Balaban J connectivity index is 1.91. The molecule has 1 aromatic carbocycles. The van der Waals surface area contributed by atoms with E-state index in [0.29, 0.717) is 23.9 Å². The smallest absolute Gasteiger partial charge is 0.327 e. The van der Waals surface area contributed by atoms with Gasteiger partial charge in [0.15, 0.2) is 5.78 Å². The molecule has 23 heavy (non-hydrogen) atoms. The lowest BCUT2D eigenvalue weighted by Crippen LogP contribution is -2.42. The van der Waals surface area contributed by atoms with Crippen LogP contribution in [0, 0.1) is 5.92 Å². The van der Waals surface area contributed by atoms with E-state index in [1.807, 2.05) is 18.2 Å². The second-order valence-corrected chi connectivity index (χ2v) is 6.53. The molecule has 5 heteroatoms.